The van der Waals surface area contributed by atoms with E-state index in [1.165, 1.54) is 11.9 Å². The predicted molar refractivity (Wildman–Crippen MR) is 123 cm³/mol. The molecule has 1 amide bonds. The van der Waals surface area contributed by atoms with Crippen LogP contribution in [0.5, 0.6) is 0 Å². The molecule has 1 fully saturated rings. The van der Waals surface area contributed by atoms with Crippen molar-refractivity contribution in [2.75, 3.05) is 38.1 Å². The average molecular weight is 432 g/mol. The summed E-state index contributed by atoms with van der Waals surface area (Å²) in [5, 5.41) is 16.6. The van der Waals surface area contributed by atoms with Gasteiger partial charge >= 0.3 is 0 Å². The van der Waals surface area contributed by atoms with Crippen LogP contribution < -0.4 is 10.2 Å². The molecule has 8 heteroatoms. The van der Waals surface area contributed by atoms with Gasteiger partial charge in [0.25, 0.3) is 0 Å². The zero-order valence-electron chi connectivity index (χ0n) is 18.9. The van der Waals surface area contributed by atoms with Gasteiger partial charge in [0, 0.05) is 56.2 Å². The summed E-state index contributed by atoms with van der Waals surface area (Å²) in [6.07, 6.45) is 2.48. The summed E-state index contributed by atoms with van der Waals surface area (Å²) in [6.45, 7) is 8.47. The lowest BCUT2D eigenvalue weighted by molar-refractivity contribution is -0.121. The molecule has 166 valence electrons. The Kier molecular flexibility index (Phi) is 6.37. The number of hydrogen-bond donors (Lipinski definition) is 1. The zero-order chi connectivity index (χ0) is 22.7. The molecule has 0 aliphatic carbocycles. The van der Waals surface area contributed by atoms with Gasteiger partial charge in [-0.05, 0) is 44.5 Å². The molecule has 1 N–H and O–H groups in total. The Labute approximate surface area is 188 Å². The molecule has 4 rings (SSSR count). The number of anilines is 1. The van der Waals surface area contributed by atoms with Crippen molar-refractivity contribution in [3.05, 3.63) is 58.5 Å². The molecule has 1 aromatic carbocycles. The monoisotopic (exact) mass is 431 g/mol. The number of likely N-dealkylation sites (N-methyl/N-ethyl adjacent to an activating group) is 1. The van der Waals surface area contributed by atoms with Gasteiger partial charge in [-0.25, -0.2) is 9.50 Å². The Morgan fingerprint density at radius 2 is 1.94 bits per heavy atom. The van der Waals surface area contributed by atoms with E-state index in [1.54, 1.807) is 4.52 Å². The highest BCUT2D eigenvalue weighted by atomic mass is 16.1. The number of fused-ring (bicyclic) bond motifs is 1. The fourth-order valence-electron chi connectivity index (χ4n) is 4.29. The van der Waals surface area contributed by atoms with E-state index in [9.17, 15) is 10.1 Å². The van der Waals surface area contributed by atoms with Gasteiger partial charge in [-0.15, -0.1) is 0 Å². The first-order chi connectivity index (χ1) is 15.5. The maximum atomic E-state index is 12.6. The lowest BCUT2D eigenvalue weighted by Crippen LogP contribution is -2.45. The fraction of sp³-hybridized carbons (Fsp3) is 0.417. The molecule has 0 radical (unpaired) electrons. The summed E-state index contributed by atoms with van der Waals surface area (Å²) >= 11 is 0. The summed E-state index contributed by atoms with van der Waals surface area (Å²) in [5.41, 5.74) is 6.12. The molecule has 0 bridgehead atoms. The van der Waals surface area contributed by atoms with Gasteiger partial charge in [0.05, 0.1) is 6.20 Å². The van der Waals surface area contributed by atoms with Gasteiger partial charge in [0.15, 0.2) is 5.65 Å². The van der Waals surface area contributed by atoms with Crippen LogP contribution in [0.15, 0.2) is 30.5 Å². The number of carbonyl (C=O) groups excluding carboxylic acids is 1. The predicted octanol–water partition coefficient (Wildman–Crippen LogP) is 2.22. The lowest BCUT2D eigenvalue weighted by Gasteiger charge is -2.35. The van der Waals surface area contributed by atoms with Crippen molar-refractivity contribution >= 4 is 17.2 Å². The Morgan fingerprint density at radius 3 is 2.69 bits per heavy atom. The molecule has 0 saturated carbocycles. The average Bonchev–Trinajstić information content (AvgIpc) is 3.21. The minimum absolute atomic E-state index is 0.00950. The first kappa shape index (κ1) is 21.8. The van der Waals surface area contributed by atoms with Crippen LogP contribution in [0.4, 0.5) is 5.69 Å². The number of rotatable bonds is 6. The number of hydrogen-bond acceptors (Lipinski definition) is 6. The molecule has 0 atom stereocenters. The molecule has 3 aromatic rings. The van der Waals surface area contributed by atoms with Crippen molar-refractivity contribution in [1.82, 2.24) is 24.8 Å². The van der Waals surface area contributed by atoms with Crippen LogP contribution in [0, 0.1) is 25.2 Å². The largest absolute Gasteiger partial charge is 0.369 e. The molecule has 1 aliphatic heterocycles. The normalized spacial score (nSPS) is 14.5. The molecule has 8 nitrogen and oxygen atoms in total. The maximum Gasteiger partial charge on any atom is 0.220 e. The Hall–Kier alpha value is -3.44. The standard InChI is InChI=1S/C24H29N7O/c1-17-21(18(2)31-24(28-17)20(14-25)16-27-31)8-9-23(32)26-15-19-6-4-5-7-22(19)30-12-10-29(3)11-13-30/h4-7,16H,8-13,15H2,1-3H3,(H,26,32). The number of aromatic nitrogens is 3. The minimum atomic E-state index is 0.00950. The van der Waals surface area contributed by atoms with Crippen LogP contribution in [0.25, 0.3) is 5.65 Å². The summed E-state index contributed by atoms with van der Waals surface area (Å²) < 4.78 is 1.69. The van der Waals surface area contributed by atoms with Crippen LogP contribution in [0.1, 0.15) is 34.5 Å². The first-order valence-electron chi connectivity index (χ1n) is 11.0. The fourth-order valence-corrected chi connectivity index (χ4v) is 4.29. The third kappa shape index (κ3) is 4.43. The highest BCUT2D eigenvalue weighted by Gasteiger charge is 2.18. The van der Waals surface area contributed by atoms with Crippen LogP contribution >= 0.6 is 0 Å². The number of carbonyl (C=O) groups is 1. The number of aryl methyl sites for hydroxylation is 2. The van der Waals surface area contributed by atoms with Crippen molar-refractivity contribution in [1.29, 1.82) is 5.26 Å². The third-order valence-electron chi connectivity index (χ3n) is 6.24. The van der Waals surface area contributed by atoms with E-state index in [4.69, 9.17) is 0 Å². The second kappa shape index (κ2) is 9.37. The molecular formula is C24H29N7O. The number of piperazine rings is 1. The van der Waals surface area contributed by atoms with Crippen molar-refractivity contribution in [3.63, 3.8) is 0 Å². The van der Waals surface area contributed by atoms with Crippen molar-refractivity contribution in [3.8, 4) is 6.07 Å². The number of nitrogens with zero attached hydrogens (tertiary/aromatic N) is 6. The van der Waals surface area contributed by atoms with Crippen molar-refractivity contribution in [2.24, 2.45) is 0 Å². The van der Waals surface area contributed by atoms with Gasteiger partial charge in [0.1, 0.15) is 11.6 Å². The van der Waals surface area contributed by atoms with Gasteiger partial charge in [-0.2, -0.15) is 10.4 Å². The minimum Gasteiger partial charge on any atom is -0.369 e. The lowest BCUT2D eigenvalue weighted by atomic mass is 10.1. The molecule has 0 unspecified atom stereocenters. The molecule has 2 aromatic heterocycles. The van der Waals surface area contributed by atoms with E-state index in [-0.39, 0.29) is 5.91 Å². The molecule has 0 spiro atoms. The molecule has 1 aliphatic rings. The van der Waals surface area contributed by atoms with Crippen molar-refractivity contribution in [2.45, 2.75) is 33.2 Å². The summed E-state index contributed by atoms with van der Waals surface area (Å²) in [7, 11) is 2.15. The van der Waals surface area contributed by atoms with Crippen LogP contribution in [-0.4, -0.2) is 58.6 Å². The van der Waals surface area contributed by atoms with E-state index in [0.29, 0.717) is 30.6 Å². The van der Waals surface area contributed by atoms with E-state index in [1.807, 2.05) is 19.9 Å². The third-order valence-corrected chi connectivity index (χ3v) is 6.24. The van der Waals surface area contributed by atoms with Crippen LogP contribution in [0.3, 0.4) is 0 Å². The van der Waals surface area contributed by atoms with Crippen LogP contribution in [0.2, 0.25) is 0 Å². The number of para-hydroxylation sites is 1. The van der Waals surface area contributed by atoms with Gasteiger partial charge in [-0.1, -0.05) is 18.2 Å². The van der Waals surface area contributed by atoms with Gasteiger partial charge in [0.2, 0.25) is 5.91 Å². The second-order valence-corrected chi connectivity index (χ2v) is 8.36. The quantitative estimate of drug-likeness (QED) is 0.644. The number of nitrogens with one attached hydrogen (secondary N) is 1. The summed E-state index contributed by atoms with van der Waals surface area (Å²) in [4.78, 5) is 21.9. The molecule has 3 heterocycles. The highest BCUT2D eigenvalue weighted by Crippen LogP contribution is 2.22. The number of nitriles is 1. The summed E-state index contributed by atoms with van der Waals surface area (Å²) in [6, 6.07) is 10.4. The maximum absolute atomic E-state index is 12.6. The number of amides is 1. The van der Waals surface area contributed by atoms with E-state index < -0.39 is 0 Å². The Balaban J connectivity index is 1.39. The molecule has 1 saturated heterocycles. The highest BCUT2D eigenvalue weighted by molar-refractivity contribution is 5.76. The molecular weight excluding hydrogens is 402 g/mol. The smallest absolute Gasteiger partial charge is 0.220 e. The SMILES string of the molecule is Cc1nc2c(C#N)cnn2c(C)c1CCC(=O)NCc1ccccc1N1CCN(C)CC1. The van der Waals surface area contributed by atoms with Gasteiger partial charge < -0.3 is 15.1 Å². The molecule has 32 heavy (non-hydrogen) atoms. The Bertz CT molecular complexity index is 1170. The van der Waals surface area contributed by atoms with Crippen molar-refractivity contribution < 1.29 is 4.79 Å². The number of benzene rings is 1. The topological polar surface area (TPSA) is 89.6 Å². The Morgan fingerprint density at radius 1 is 1.19 bits per heavy atom. The zero-order valence-corrected chi connectivity index (χ0v) is 18.9. The van der Waals surface area contributed by atoms with Gasteiger partial charge in [-0.3, -0.25) is 4.79 Å². The van der Waals surface area contributed by atoms with E-state index >= 15 is 0 Å². The van der Waals surface area contributed by atoms with Crippen LogP contribution in [-0.2, 0) is 17.8 Å². The summed E-state index contributed by atoms with van der Waals surface area (Å²) in [5.74, 6) is 0.00950. The first-order valence-corrected chi connectivity index (χ1v) is 11.0. The second-order valence-electron chi connectivity index (χ2n) is 8.36. The van der Waals surface area contributed by atoms with E-state index in [0.717, 1.165) is 48.7 Å². The van der Waals surface area contributed by atoms with E-state index in [2.05, 4.69) is 56.5 Å².